The summed E-state index contributed by atoms with van der Waals surface area (Å²) < 4.78 is 0. The van der Waals surface area contributed by atoms with Gasteiger partial charge < -0.3 is 15.0 Å². The highest BCUT2D eigenvalue weighted by atomic mass is 16.6. The predicted octanol–water partition coefficient (Wildman–Crippen LogP) is 3.57. The van der Waals surface area contributed by atoms with Crippen LogP contribution in [0.2, 0.25) is 0 Å². The number of aliphatic imine (C=N–C) groups is 1. The maximum atomic E-state index is 12.1. The van der Waals surface area contributed by atoms with Crippen molar-refractivity contribution in [3.63, 3.8) is 0 Å². The molecule has 0 heterocycles. The van der Waals surface area contributed by atoms with Gasteiger partial charge in [0.15, 0.2) is 0 Å². The number of nitrogens with one attached hydrogen (secondary N) is 1. The van der Waals surface area contributed by atoms with E-state index in [1.165, 1.54) is 12.8 Å². The van der Waals surface area contributed by atoms with E-state index >= 15 is 0 Å². The van der Waals surface area contributed by atoms with Crippen LogP contribution in [-0.4, -0.2) is 44.2 Å². The lowest BCUT2D eigenvalue weighted by molar-refractivity contribution is -0.114. The Morgan fingerprint density at radius 3 is 2.48 bits per heavy atom. The van der Waals surface area contributed by atoms with Crippen molar-refractivity contribution in [2.24, 2.45) is 27.1 Å². The molecule has 29 heavy (non-hydrogen) atoms. The molecule has 0 unspecified atom stereocenters. The van der Waals surface area contributed by atoms with Crippen molar-refractivity contribution in [1.29, 1.82) is 0 Å². The molecule has 1 aromatic rings. The van der Waals surface area contributed by atoms with E-state index in [4.69, 9.17) is 9.68 Å². The van der Waals surface area contributed by atoms with Crippen molar-refractivity contribution in [2.75, 3.05) is 21.2 Å². The summed E-state index contributed by atoms with van der Waals surface area (Å²) in [6.07, 6.45) is 4.55. The van der Waals surface area contributed by atoms with Crippen molar-refractivity contribution in [3.05, 3.63) is 35.4 Å². The van der Waals surface area contributed by atoms with Crippen molar-refractivity contribution in [2.45, 2.75) is 46.1 Å². The number of nitrogens with zero attached hydrogens (tertiary/aromatic N) is 3. The first-order chi connectivity index (χ1) is 14.0. The van der Waals surface area contributed by atoms with Gasteiger partial charge in [0.05, 0.1) is 0 Å². The van der Waals surface area contributed by atoms with Gasteiger partial charge in [-0.2, -0.15) is 0 Å². The normalized spacial score (nSPS) is 20.9. The number of carbonyl (C=O) groups is 1. The fraction of sp³-hybridized carbons (Fsp3) is 0.545. The number of hydrogen-bond donors (Lipinski definition) is 1. The zero-order chi connectivity index (χ0) is 21.2. The second-order valence-corrected chi connectivity index (χ2v) is 7.37. The summed E-state index contributed by atoms with van der Waals surface area (Å²) in [4.78, 5) is 26.9. The molecule has 1 fully saturated rings. The maximum Gasteiger partial charge on any atom is 0.269 e. The molecule has 1 aliphatic rings. The molecule has 2 rings (SSSR count). The number of rotatable bonds is 8. The molecule has 1 amide bonds. The maximum absolute atomic E-state index is 12.1. The number of benzene rings is 1. The highest BCUT2D eigenvalue weighted by Gasteiger charge is 2.25. The van der Waals surface area contributed by atoms with Crippen molar-refractivity contribution >= 4 is 23.0 Å². The molecule has 0 saturated heterocycles. The van der Waals surface area contributed by atoms with Gasteiger partial charge >= 0.3 is 0 Å². The van der Waals surface area contributed by atoms with Crippen LogP contribution in [-0.2, 0) is 21.1 Å². The van der Waals surface area contributed by atoms with Gasteiger partial charge in [-0.15, -0.1) is 0 Å². The summed E-state index contributed by atoms with van der Waals surface area (Å²) >= 11 is 0. The molecular formula is C22H32N4O3. The first-order valence-corrected chi connectivity index (χ1v) is 10.1. The van der Waals surface area contributed by atoms with Crippen LogP contribution in [0.15, 0.2) is 39.6 Å². The van der Waals surface area contributed by atoms with Crippen molar-refractivity contribution < 1.29 is 14.5 Å². The zero-order valence-corrected chi connectivity index (χ0v) is 18.1. The fourth-order valence-corrected chi connectivity index (χ4v) is 3.65. The third kappa shape index (κ3) is 6.14. The van der Waals surface area contributed by atoms with Gasteiger partial charge in [0.1, 0.15) is 30.9 Å². The van der Waals surface area contributed by atoms with Gasteiger partial charge in [-0.05, 0) is 25.7 Å². The van der Waals surface area contributed by atoms with E-state index < -0.39 is 0 Å². The van der Waals surface area contributed by atoms with Crippen LogP contribution in [0.3, 0.4) is 0 Å². The summed E-state index contributed by atoms with van der Waals surface area (Å²) in [6, 6.07) is 7.53. The summed E-state index contributed by atoms with van der Waals surface area (Å²) in [5.74, 6) is 0.869. The number of hydrogen-bond acceptors (Lipinski definition) is 6. The largest absolute Gasteiger partial charge is 0.399 e. The monoisotopic (exact) mass is 400 g/mol. The minimum Gasteiger partial charge on any atom is -0.399 e. The topological polar surface area (TPSA) is 84.6 Å². The SMILES string of the molecule is CN=C(C(=O)NC)c1ccccc1CO/N=C(C)/C(=N/OC)C1CCC(C)CC1. The van der Waals surface area contributed by atoms with Crippen LogP contribution in [0, 0.1) is 11.8 Å². The summed E-state index contributed by atoms with van der Waals surface area (Å²) in [6.45, 7) is 4.41. The fourth-order valence-electron chi connectivity index (χ4n) is 3.65. The number of carbonyl (C=O) groups excluding carboxylic acids is 1. The van der Waals surface area contributed by atoms with Gasteiger partial charge in [0.25, 0.3) is 5.91 Å². The Kier molecular flexibility index (Phi) is 8.83. The molecule has 1 aliphatic carbocycles. The van der Waals surface area contributed by atoms with Gasteiger partial charge in [0.2, 0.25) is 0 Å². The average molecular weight is 401 g/mol. The average Bonchev–Trinajstić information content (AvgIpc) is 2.74. The lowest BCUT2D eigenvalue weighted by atomic mass is 9.79. The molecule has 1 aromatic carbocycles. The Bertz CT molecular complexity index is 778. The van der Waals surface area contributed by atoms with Crippen molar-refractivity contribution in [1.82, 2.24) is 5.32 Å². The molecule has 0 aromatic heterocycles. The van der Waals surface area contributed by atoms with Crippen LogP contribution in [0.4, 0.5) is 0 Å². The standard InChI is InChI=1S/C22H32N4O3/c1-15-10-12-17(13-11-15)20(26-28-5)16(2)25-29-14-18-8-6-7-9-19(18)21(23-3)22(27)24-4/h6-9,15,17H,10-14H2,1-5H3,(H,24,27)/b23-21?,25-16+,26-20-. The number of amides is 1. The predicted molar refractivity (Wildman–Crippen MR) is 116 cm³/mol. The smallest absolute Gasteiger partial charge is 0.269 e. The van der Waals surface area contributed by atoms with Crippen LogP contribution < -0.4 is 5.32 Å². The van der Waals surface area contributed by atoms with Gasteiger partial charge in [0, 0.05) is 31.1 Å². The molecule has 7 nitrogen and oxygen atoms in total. The van der Waals surface area contributed by atoms with Crippen LogP contribution >= 0.6 is 0 Å². The van der Waals surface area contributed by atoms with E-state index in [-0.39, 0.29) is 12.5 Å². The lowest BCUT2D eigenvalue weighted by Crippen LogP contribution is -2.29. The molecule has 0 bridgehead atoms. The first-order valence-electron chi connectivity index (χ1n) is 10.1. The lowest BCUT2D eigenvalue weighted by Gasteiger charge is -2.26. The summed E-state index contributed by atoms with van der Waals surface area (Å²) in [5, 5.41) is 11.1. The molecule has 0 spiro atoms. The minimum atomic E-state index is -0.235. The first kappa shape index (κ1) is 22.6. The van der Waals surface area contributed by atoms with E-state index in [0.29, 0.717) is 11.6 Å². The zero-order valence-electron chi connectivity index (χ0n) is 18.1. The third-order valence-electron chi connectivity index (χ3n) is 5.32. The van der Waals surface area contributed by atoms with Gasteiger partial charge in [-0.25, -0.2) is 0 Å². The Morgan fingerprint density at radius 1 is 1.17 bits per heavy atom. The Balaban J connectivity index is 2.12. The molecule has 0 atom stereocenters. The third-order valence-corrected chi connectivity index (χ3v) is 5.32. The molecule has 158 valence electrons. The minimum absolute atomic E-state index is 0.228. The van der Waals surface area contributed by atoms with Gasteiger partial charge in [-0.3, -0.25) is 9.79 Å². The quantitative estimate of drug-likeness (QED) is 0.535. The molecule has 1 N–H and O–H groups in total. The summed E-state index contributed by atoms with van der Waals surface area (Å²) in [7, 11) is 4.74. The van der Waals surface area contributed by atoms with Crippen LogP contribution in [0.5, 0.6) is 0 Å². The van der Waals surface area contributed by atoms with Crippen molar-refractivity contribution in [3.8, 4) is 0 Å². The summed E-state index contributed by atoms with van der Waals surface area (Å²) in [5.41, 5.74) is 3.51. The van der Waals surface area contributed by atoms with Crippen LogP contribution in [0.25, 0.3) is 0 Å². The second kappa shape index (κ2) is 11.3. The van der Waals surface area contributed by atoms with E-state index in [2.05, 4.69) is 27.5 Å². The van der Waals surface area contributed by atoms with E-state index in [1.54, 1.807) is 21.2 Å². The highest BCUT2D eigenvalue weighted by molar-refractivity contribution is 6.45. The Morgan fingerprint density at radius 2 is 1.86 bits per heavy atom. The molecule has 0 radical (unpaired) electrons. The molecular weight excluding hydrogens is 368 g/mol. The molecule has 7 heteroatoms. The highest BCUT2D eigenvalue weighted by Crippen LogP contribution is 2.29. The van der Waals surface area contributed by atoms with E-state index in [0.717, 1.165) is 41.3 Å². The van der Waals surface area contributed by atoms with E-state index in [1.807, 2.05) is 31.2 Å². The molecule has 1 saturated carbocycles. The second-order valence-electron chi connectivity index (χ2n) is 7.37. The molecule has 0 aliphatic heterocycles. The van der Waals surface area contributed by atoms with E-state index in [9.17, 15) is 4.79 Å². The van der Waals surface area contributed by atoms with Gasteiger partial charge in [-0.1, -0.05) is 54.3 Å². The Labute approximate surface area is 173 Å². The number of oxime groups is 2. The Hall–Kier alpha value is -2.70. The number of likely N-dealkylation sites (N-methyl/N-ethyl adjacent to an activating group) is 1. The van der Waals surface area contributed by atoms with Crippen LogP contribution in [0.1, 0.15) is 50.7 Å².